The molecule has 0 radical (unpaired) electrons. The Hall–Kier alpha value is -2.22. The summed E-state index contributed by atoms with van der Waals surface area (Å²) in [7, 11) is 3.57. The molecule has 0 aliphatic heterocycles. The third-order valence-corrected chi connectivity index (χ3v) is 5.54. The van der Waals surface area contributed by atoms with Crippen LogP contribution in [0.2, 0.25) is 0 Å². The Morgan fingerprint density at radius 3 is 2.69 bits per heavy atom. The quantitative estimate of drug-likeness (QED) is 0.690. The molecule has 1 aromatic carbocycles. The number of aromatic nitrogens is 3. The molecule has 1 fully saturated rings. The van der Waals surface area contributed by atoms with Gasteiger partial charge in [0, 0.05) is 18.8 Å². The molecule has 0 unspecified atom stereocenters. The van der Waals surface area contributed by atoms with E-state index in [1.807, 2.05) is 35.9 Å². The van der Waals surface area contributed by atoms with E-state index >= 15 is 0 Å². The average Bonchev–Trinajstić information content (AvgIpc) is 3.29. The number of methoxy groups -OCH3 is 1. The highest BCUT2D eigenvalue weighted by atomic mass is 32.2. The first-order valence-electron chi connectivity index (χ1n) is 8.84. The molecule has 1 saturated carbocycles. The van der Waals surface area contributed by atoms with Crippen LogP contribution in [0, 0.1) is 0 Å². The molecule has 1 aromatic heterocycles. The number of carbonyl (C=O) groups is 1. The van der Waals surface area contributed by atoms with Crippen molar-refractivity contribution in [2.24, 2.45) is 7.05 Å². The van der Waals surface area contributed by atoms with E-state index in [0.29, 0.717) is 18.3 Å². The minimum Gasteiger partial charge on any atom is -0.497 e. The van der Waals surface area contributed by atoms with E-state index in [2.05, 4.69) is 20.8 Å². The van der Waals surface area contributed by atoms with Crippen LogP contribution in [0.1, 0.15) is 31.5 Å². The number of amides is 1. The molecule has 1 amide bonds. The van der Waals surface area contributed by atoms with Crippen molar-refractivity contribution < 1.29 is 9.53 Å². The molecule has 2 N–H and O–H groups in total. The molecule has 1 heterocycles. The number of thioether (sulfide) groups is 1. The van der Waals surface area contributed by atoms with E-state index in [4.69, 9.17) is 4.74 Å². The van der Waals surface area contributed by atoms with Gasteiger partial charge in [0.05, 0.1) is 19.4 Å². The third-order valence-electron chi connectivity index (χ3n) is 4.52. The smallest absolute Gasteiger partial charge is 0.230 e. The standard InChI is InChI=1S/C18H25N5O2S/c1-23-16(11-19-13-7-9-15(25-2)10-8-13)21-22-18(23)26-12-17(24)20-14-5-3-4-6-14/h7-10,14,19H,3-6,11-12H2,1-2H3,(H,20,24). The Bertz CT molecular complexity index is 726. The first-order valence-corrected chi connectivity index (χ1v) is 9.82. The molecular weight excluding hydrogens is 350 g/mol. The minimum absolute atomic E-state index is 0.0720. The minimum atomic E-state index is 0.0720. The number of hydrogen-bond acceptors (Lipinski definition) is 6. The van der Waals surface area contributed by atoms with Gasteiger partial charge in [-0.25, -0.2) is 0 Å². The maximum absolute atomic E-state index is 12.0. The van der Waals surface area contributed by atoms with Gasteiger partial charge >= 0.3 is 0 Å². The largest absolute Gasteiger partial charge is 0.497 e. The topological polar surface area (TPSA) is 81.1 Å². The van der Waals surface area contributed by atoms with Gasteiger partial charge in [-0.05, 0) is 37.1 Å². The van der Waals surface area contributed by atoms with E-state index in [1.54, 1.807) is 7.11 Å². The fraction of sp³-hybridized carbons (Fsp3) is 0.500. The fourth-order valence-electron chi connectivity index (χ4n) is 2.98. The summed E-state index contributed by atoms with van der Waals surface area (Å²) in [4.78, 5) is 12.0. The number of hydrogen-bond donors (Lipinski definition) is 2. The summed E-state index contributed by atoms with van der Waals surface area (Å²) in [5.41, 5.74) is 0.985. The molecule has 0 atom stereocenters. The van der Waals surface area contributed by atoms with Crippen LogP contribution in [0.3, 0.4) is 0 Å². The van der Waals surface area contributed by atoms with Gasteiger partial charge in [0.2, 0.25) is 5.91 Å². The number of ether oxygens (including phenoxy) is 1. The summed E-state index contributed by atoms with van der Waals surface area (Å²) >= 11 is 1.42. The van der Waals surface area contributed by atoms with Crippen molar-refractivity contribution in [2.45, 2.75) is 43.4 Å². The van der Waals surface area contributed by atoms with Crippen LogP contribution in [-0.2, 0) is 18.4 Å². The highest BCUT2D eigenvalue weighted by Crippen LogP contribution is 2.20. The molecular formula is C18H25N5O2S. The second kappa shape index (κ2) is 8.93. The van der Waals surface area contributed by atoms with Crippen molar-refractivity contribution in [3.05, 3.63) is 30.1 Å². The first kappa shape index (κ1) is 18.6. The molecule has 26 heavy (non-hydrogen) atoms. The zero-order valence-electron chi connectivity index (χ0n) is 15.2. The third kappa shape index (κ3) is 4.91. The van der Waals surface area contributed by atoms with Crippen LogP contribution in [0.15, 0.2) is 29.4 Å². The molecule has 1 aliphatic rings. The Morgan fingerprint density at radius 1 is 1.27 bits per heavy atom. The molecule has 1 aliphatic carbocycles. The first-order chi connectivity index (χ1) is 12.7. The number of nitrogens with one attached hydrogen (secondary N) is 2. The lowest BCUT2D eigenvalue weighted by atomic mass is 10.2. The number of rotatable bonds is 8. The van der Waals surface area contributed by atoms with E-state index in [0.717, 1.165) is 35.3 Å². The summed E-state index contributed by atoms with van der Waals surface area (Å²) in [6, 6.07) is 8.08. The van der Waals surface area contributed by atoms with Gasteiger partial charge in [-0.2, -0.15) is 0 Å². The summed E-state index contributed by atoms with van der Waals surface area (Å²) in [5, 5.41) is 15.6. The summed E-state index contributed by atoms with van der Waals surface area (Å²) < 4.78 is 7.07. The molecule has 3 rings (SSSR count). The zero-order valence-corrected chi connectivity index (χ0v) is 16.0. The maximum atomic E-state index is 12.0. The van der Waals surface area contributed by atoms with Crippen molar-refractivity contribution >= 4 is 23.4 Å². The molecule has 0 spiro atoms. The number of carbonyl (C=O) groups excluding carboxylic acids is 1. The summed E-state index contributed by atoms with van der Waals surface area (Å²) in [6.07, 6.45) is 4.63. The molecule has 0 bridgehead atoms. The molecule has 7 nitrogen and oxygen atoms in total. The van der Waals surface area contributed by atoms with E-state index in [1.165, 1.54) is 24.6 Å². The maximum Gasteiger partial charge on any atom is 0.230 e. The van der Waals surface area contributed by atoms with Gasteiger partial charge < -0.3 is 19.9 Å². The van der Waals surface area contributed by atoms with Crippen molar-refractivity contribution in [1.29, 1.82) is 0 Å². The van der Waals surface area contributed by atoms with Crippen LogP contribution in [0.5, 0.6) is 5.75 Å². The number of nitrogens with zero attached hydrogens (tertiary/aromatic N) is 3. The van der Waals surface area contributed by atoms with Crippen LogP contribution in [0.25, 0.3) is 0 Å². The van der Waals surface area contributed by atoms with Crippen LogP contribution in [-0.4, -0.2) is 39.6 Å². The summed E-state index contributed by atoms with van der Waals surface area (Å²) in [5.74, 6) is 2.08. The second-order valence-corrected chi connectivity index (χ2v) is 7.32. The van der Waals surface area contributed by atoms with Crippen molar-refractivity contribution in [1.82, 2.24) is 20.1 Å². The molecule has 8 heteroatoms. The van der Waals surface area contributed by atoms with Crippen molar-refractivity contribution in [3.63, 3.8) is 0 Å². The Kier molecular flexibility index (Phi) is 6.38. The monoisotopic (exact) mass is 375 g/mol. The Morgan fingerprint density at radius 2 is 2.00 bits per heavy atom. The lowest BCUT2D eigenvalue weighted by Crippen LogP contribution is -2.33. The molecule has 2 aromatic rings. The lowest BCUT2D eigenvalue weighted by molar-refractivity contribution is -0.119. The second-order valence-electron chi connectivity index (χ2n) is 6.38. The number of anilines is 1. The van der Waals surface area contributed by atoms with Gasteiger partial charge in [-0.1, -0.05) is 24.6 Å². The van der Waals surface area contributed by atoms with E-state index in [-0.39, 0.29) is 5.91 Å². The fourth-order valence-corrected chi connectivity index (χ4v) is 3.73. The Balaban J connectivity index is 1.48. The predicted molar refractivity (Wildman–Crippen MR) is 102 cm³/mol. The van der Waals surface area contributed by atoms with Crippen molar-refractivity contribution in [2.75, 3.05) is 18.2 Å². The van der Waals surface area contributed by atoms with E-state index in [9.17, 15) is 4.79 Å². The van der Waals surface area contributed by atoms with Crippen LogP contribution in [0.4, 0.5) is 5.69 Å². The normalized spacial score (nSPS) is 14.4. The van der Waals surface area contributed by atoms with E-state index < -0.39 is 0 Å². The van der Waals surface area contributed by atoms with Gasteiger partial charge in [-0.15, -0.1) is 10.2 Å². The highest BCUT2D eigenvalue weighted by molar-refractivity contribution is 7.99. The van der Waals surface area contributed by atoms with Gasteiger partial charge in [0.1, 0.15) is 5.75 Å². The summed E-state index contributed by atoms with van der Waals surface area (Å²) in [6.45, 7) is 0.560. The average molecular weight is 375 g/mol. The Labute approximate surface area is 157 Å². The lowest BCUT2D eigenvalue weighted by Gasteiger charge is -2.11. The van der Waals surface area contributed by atoms with Gasteiger partial charge in [-0.3, -0.25) is 4.79 Å². The highest BCUT2D eigenvalue weighted by Gasteiger charge is 2.18. The molecule has 140 valence electrons. The predicted octanol–water partition coefficient (Wildman–Crippen LogP) is 2.59. The zero-order chi connectivity index (χ0) is 18.4. The van der Waals surface area contributed by atoms with Crippen LogP contribution < -0.4 is 15.4 Å². The number of benzene rings is 1. The van der Waals surface area contributed by atoms with Crippen molar-refractivity contribution in [3.8, 4) is 5.75 Å². The SMILES string of the molecule is COc1ccc(NCc2nnc(SCC(=O)NC3CCCC3)n2C)cc1. The van der Waals surface area contributed by atoms with Gasteiger partial charge in [0.25, 0.3) is 0 Å². The van der Waals surface area contributed by atoms with Crippen LogP contribution >= 0.6 is 11.8 Å². The molecule has 0 saturated heterocycles. The van der Waals surface area contributed by atoms with Gasteiger partial charge in [0.15, 0.2) is 11.0 Å².